The largest absolute Gasteiger partial charge is 0.323 e. The van der Waals surface area contributed by atoms with E-state index in [0.717, 1.165) is 27.2 Å². The predicted molar refractivity (Wildman–Crippen MR) is 124 cm³/mol. The Morgan fingerprint density at radius 2 is 1.50 bits per heavy atom. The van der Waals surface area contributed by atoms with E-state index in [9.17, 15) is 13.2 Å². The lowest BCUT2D eigenvalue weighted by atomic mass is 10.1. The number of hydrogen-bond acceptors (Lipinski definition) is 4. The highest BCUT2D eigenvalue weighted by atomic mass is 32.2. The fraction of sp³-hybridized carbons (Fsp3) is 0.174. The van der Waals surface area contributed by atoms with Crippen LogP contribution in [0.5, 0.6) is 0 Å². The minimum atomic E-state index is -3.64. The van der Waals surface area contributed by atoms with Gasteiger partial charge in [0.2, 0.25) is 15.9 Å². The van der Waals surface area contributed by atoms with E-state index >= 15 is 0 Å². The molecule has 0 heterocycles. The summed E-state index contributed by atoms with van der Waals surface area (Å²) < 4.78 is 26.1. The maximum atomic E-state index is 12.8. The Hall–Kier alpha value is -2.77. The van der Waals surface area contributed by atoms with Crippen LogP contribution >= 0.6 is 11.8 Å². The third-order valence-corrected chi connectivity index (χ3v) is 6.70. The van der Waals surface area contributed by atoms with Crippen molar-refractivity contribution in [3.05, 3.63) is 83.9 Å². The molecule has 3 aromatic rings. The molecule has 0 aliphatic carbocycles. The van der Waals surface area contributed by atoms with Crippen LogP contribution in [0.25, 0.3) is 0 Å². The number of carbonyl (C=O) groups is 1. The van der Waals surface area contributed by atoms with Gasteiger partial charge < -0.3 is 5.32 Å². The Labute approximate surface area is 182 Å². The van der Waals surface area contributed by atoms with Gasteiger partial charge in [0.1, 0.15) is 6.54 Å². The van der Waals surface area contributed by atoms with Crippen LogP contribution in [0.15, 0.2) is 82.6 Å². The fourth-order valence-electron chi connectivity index (χ4n) is 3.16. The van der Waals surface area contributed by atoms with Crippen molar-refractivity contribution in [3.63, 3.8) is 0 Å². The van der Waals surface area contributed by atoms with Crippen molar-refractivity contribution >= 4 is 39.1 Å². The minimum Gasteiger partial charge on any atom is -0.323 e. The fourth-order valence-corrected chi connectivity index (χ4v) is 5.05. The zero-order chi connectivity index (χ0) is 21.7. The molecule has 0 aliphatic rings. The smallest absolute Gasteiger partial charge is 0.245 e. The molecular formula is C23H24N2O3S2. The first kappa shape index (κ1) is 21.9. The van der Waals surface area contributed by atoms with Crippen molar-refractivity contribution in [2.45, 2.75) is 23.6 Å². The van der Waals surface area contributed by atoms with Gasteiger partial charge in [-0.25, -0.2) is 8.42 Å². The second-order valence-corrected chi connectivity index (χ2v) is 9.99. The summed E-state index contributed by atoms with van der Waals surface area (Å²) >= 11 is 1.54. The van der Waals surface area contributed by atoms with E-state index in [1.165, 1.54) is 16.1 Å². The Bertz CT molecular complexity index is 1130. The van der Waals surface area contributed by atoms with Gasteiger partial charge in [0, 0.05) is 9.79 Å². The first-order valence-corrected chi connectivity index (χ1v) is 12.1. The molecule has 0 bridgehead atoms. The monoisotopic (exact) mass is 440 g/mol. The highest BCUT2D eigenvalue weighted by molar-refractivity contribution is 7.99. The summed E-state index contributed by atoms with van der Waals surface area (Å²) in [6, 6.07) is 22.9. The van der Waals surface area contributed by atoms with E-state index in [0.29, 0.717) is 11.4 Å². The normalized spacial score (nSPS) is 11.2. The van der Waals surface area contributed by atoms with Gasteiger partial charge >= 0.3 is 0 Å². The van der Waals surface area contributed by atoms with Crippen LogP contribution in [-0.4, -0.2) is 27.1 Å². The molecule has 0 aliphatic heterocycles. The number of nitrogens with zero attached hydrogens (tertiary/aromatic N) is 1. The van der Waals surface area contributed by atoms with E-state index in [2.05, 4.69) is 5.32 Å². The number of carbonyl (C=O) groups excluding carboxylic acids is 1. The molecule has 0 saturated heterocycles. The van der Waals surface area contributed by atoms with Crippen LogP contribution in [0.1, 0.15) is 11.1 Å². The van der Waals surface area contributed by atoms with E-state index in [-0.39, 0.29) is 6.54 Å². The molecule has 1 amide bonds. The van der Waals surface area contributed by atoms with Gasteiger partial charge in [-0.05, 0) is 49.2 Å². The number of anilines is 2. The van der Waals surface area contributed by atoms with Crippen molar-refractivity contribution in [2.75, 3.05) is 22.4 Å². The number of aryl methyl sites for hydroxylation is 2. The van der Waals surface area contributed by atoms with Gasteiger partial charge in [-0.15, -0.1) is 0 Å². The SMILES string of the molecule is Cc1cccc(C)c1N(CC(=O)Nc1ccccc1Sc1ccccc1)S(C)(=O)=O. The molecule has 3 rings (SSSR count). The van der Waals surface area contributed by atoms with E-state index in [4.69, 9.17) is 0 Å². The average Bonchev–Trinajstić information content (AvgIpc) is 2.68. The van der Waals surface area contributed by atoms with Crippen LogP contribution < -0.4 is 9.62 Å². The molecule has 3 aromatic carbocycles. The van der Waals surface area contributed by atoms with Gasteiger partial charge in [-0.3, -0.25) is 9.10 Å². The third-order valence-electron chi connectivity index (χ3n) is 4.51. The van der Waals surface area contributed by atoms with Crippen LogP contribution in [0.2, 0.25) is 0 Å². The standard InChI is InChI=1S/C23H24N2O3S2/c1-17-10-9-11-18(2)23(17)25(30(3,27)28)16-22(26)24-20-14-7-8-15-21(20)29-19-12-5-4-6-13-19/h4-15H,16H2,1-3H3,(H,24,26). The maximum absolute atomic E-state index is 12.8. The van der Waals surface area contributed by atoms with Gasteiger partial charge in [0.05, 0.1) is 17.6 Å². The van der Waals surface area contributed by atoms with E-state index < -0.39 is 15.9 Å². The van der Waals surface area contributed by atoms with Gasteiger partial charge in [0.15, 0.2) is 0 Å². The maximum Gasteiger partial charge on any atom is 0.245 e. The number of para-hydroxylation sites is 2. The zero-order valence-corrected chi connectivity index (χ0v) is 18.8. The molecule has 0 radical (unpaired) electrons. The van der Waals surface area contributed by atoms with Crippen LogP contribution in [0.4, 0.5) is 11.4 Å². The summed E-state index contributed by atoms with van der Waals surface area (Å²) in [5.41, 5.74) is 2.79. The highest BCUT2D eigenvalue weighted by Crippen LogP contribution is 2.33. The lowest BCUT2D eigenvalue weighted by Crippen LogP contribution is -2.38. The third kappa shape index (κ3) is 5.43. The van der Waals surface area contributed by atoms with Gasteiger partial charge in [-0.2, -0.15) is 0 Å². The molecule has 0 aromatic heterocycles. The first-order valence-electron chi connectivity index (χ1n) is 9.41. The number of nitrogens with one attached hydrogen (secondary N) is 1. The Morgan fingerprint density at radius 1 is 0.900 bits per heavy atom. The lowest BCUT2D eigenvalue weighted by Gasteiger charge is -2.25. The minimum absolute atomic E-state index is 0.297. The lowest BCUT2D eigenvalue weighted by molar-refractivity contribution is -0.114. The summed E-state index contributed by atoms with van der Waals surface area (Å²) in [5.74, 6) is -0.399. The molecule has 5 nitrogen and oxygen atoms in total. The summed E-state index contributed by atoms with van der Waals surface area (Å²) in [4.78, 5) is 14.8. The number of sulfonamides is 1. The second-order valence-electron chi connectivity index (χ2n) is 6.97. The molecular weight excluding hydrogens is 416 g/mol. The summed E-state index contributed by atoms with van der Waals surface area (Å²) in [6.07, 6.45) is 1.12. The summed E-state index contributed by atoms with van der Waals surface area (Å²) in [5, 5.41) is 2.88. The highest BCUT2D eigenvalue weighted by Gasteiger charge is 2.24. The van der Waals surface area contributed by atoms with Crippen molar-refractivity contribution < 1.29 is 13.2 Å². The topological polar surface area (TPSA) is 66.5 Å². The molecule has 0 atom stereocenters. The van der Waals surface area contributed by atoms with Crippen molar-refractivity contribution in [1.82, 2.24) is 0 Å². The molecule has 7 heteroatoms. The predicted octanol–water partition coefficient (Wildman–Crippen LogP) is 4.86. The molecule has 1 N–H and O–H groups in total. The molecule has 156 valence electrons. The van der Waals surface area contributed by atoms with Crippen molar-refractivity contribution in [1.29, 1.82) is 0 Å². The van der Waals surface area contributed by atoms with Gasteiger partial charge in [-0.1, -0.05) is 60.3 Å². The summed E-state index contributed by atoms with van der Waals surface area (Å²) in [7, 11) is -3.64. The average molecular weight is 441 g/mol. The molecule has 0 unspecified atom stereocenters. The Balaban J connectivity index is 1.84. The zero-order valence-electron chi connectivity index (χ0n) is 17.1. The molecule has 0 saturated carbocycles. The van der Waals surface area contributed by atoms with Crippen LogP contribution in [-0.2, 0) is 14.8 Å². The second kappa shape index (κ2) is 9.36. The van der Waals surface area contributed by atoms with Crippen molar-refractivity contribution in [3.8, 4) is 0 Å². The van der Waals surface area contributed by atoms with E-state index in [1.807, 2.05) is 86.6 Å². The van der Waals surface area contributed by atoms with Gasteiger partial charge in [0.25, 0.3) is 0 Å². The van der Waals surface area contributed by atoms with E-state index in [1.54, 1.807) is 0 Å². The Kier molecular flexibility index (Phi) is 6.84. The number of hydrogen-bond donors (Lipinski definition) is 1. The first-order chi connectivity index (χ1) is 14.3. The Morgan fingerprint density at radius 3 is 2.13 bits per heavy atom. The molecule has 30 heavy (non-hydrogen) atoms. The number of amides is 1. The molecule has 0 fully saturated rings. The number of benzene rings is 3. The number of rotatable bonds is 7. The van der Waals surface area contributed by atoms with Crippen LogP contribution in [0, 0.1) is 13.8 Å². The summed E-state index contributed by atoms with van der Waals surface area (Å²) in [6.45, 7) is 3.38. The van der Waals surface area contributed by atoms with Crippen LogP contribution in [0.3, 0.4) is 0 Å². The van der Waals surface area contributed by atoms with Crippen molar-refractivity contribution in [2.24, 2.45) is 0 Å². The molecule has 0 spiro atoms. The quantitative estimate of drug-likeness (QED) is 0.570.